The zero-order valence-electron chi connectivity index (χ0n) is 14.8. The molecule has 1 N–H and O–H groups in total. The number of carbonyl (C=O) groups excluding carboxylic acids is 1. The summed E-state index contributed by atoms with van der Waals surface area (Å²) in [4.78, 5) is 13.9. The van der Waals surface area contributed by atoms with Gasteiger partial charge in [0.1, 0.15) is 0 Å². The first-order chi connectivity index (χ1) is 12.2. The van der Waals surface area contributed by atoms with Gasteiger partial charge in [0.2, 0.25) is 0 Å². The molecule has 0 spiro atoms. The number of nitrogens with zero attached hydrogens (tertiary/aromatic N) is 1. The van der Waals surface area contributed by atoms with Gasteiger partial charge in [-0.05, 0) is 47.5 Å². The molecule has 0 atom stereocenters. The third kappa shape index (κ3) is 4.25. The molecule has 0 aromatic heterocycles. The third-order valence-electron chi connectivity index (χ3n) is 4.54. The Morgan fingerprint density at radius 1 is 0.960 bits per heavy atom. The van der Waals surface area contributed by atoms with Crippen molar-refractivity contribution in [3.8, 4) is 0 Å². The van der Waals surface area contributed by atoms with Crippen LogP contribution in [0.25, 0.3) is 10.8 Å². The number of rotatable bonds is 6. The first-order valence-corrected chi connectivity index (χ1v) is 8.63. The van der Waals surface area contributed by atoms with E-state index in [2.05, 4.69) is 59.7 Å². The molecule has 0 saturated heterocycles. The number of likely N-dealkylation sites (N-methyl/N-ethyl adjacent to an activating group) is 1. The summed E-state index contributed by atoms with van der Waals surface area (Å²) in [7, 11) is 3.79. The van der Waals surface area contributed by atoms with Gasteiger partial charge in [0.25, 0.3) is 5.91 Å². The molecule has 1 amide bonds. The van der Waals surface area contributed by atoms with Crippen molar-refractivity contribution in [2.24, 2.45) is 0 Å². The van der Waals surface area contributed by atoms with Crippen molar-refractivity contribution in [1.82, 2.24) is 10.2 Å². The van der Waals surface area contributed by atoms with E-state index in [-0.39, 0.29) is 5.91 Å². The molecular weight excluding hydrogens is 308 g/mol. The van der Waals surface area contributed by atoms with Crippen LogP contribution in [0.1, 0.15) is 21.5 Å². The van der Waals surface area contributed by atoms with E-state index in [4.69, 9.17) is 0 Å². The minimum Gasteiger partial charge on any atom is -0.355 e. The summed E-state index contributed by atoms with van der Waals surface area (Å²) in [5, 5.41) is 5.28. The average molecular weight is 332 g/mol. The average Bonchev–Trinajstić information content (AvgIpc) is 2.66. The largest absolute Gasteiger partial charge is 0.355 e. The highest BCUT2D eigenvalue weighted by atomic mass is 16.1. The smallest absolute Gasteiger partial charge is 0.251 e. The van der Waals surface area contributed by atoms with E-state index in [1.54, 1.807) is 7.05 Å². The van der Waals surface area contributed by atoms with E-state index < -0.39 is 0 Å². The van der Waals surface area contributed by atoms with Gasteiger partial charge >= 0.3 is 0 Å². The van der Waals surface area contributed by atoms with Crippen LogP contribution in [0.4, 0.5) is 0 Å². The molecule has 3 aromatic carbocycles. The number of carbonyl (C=O) groups is 1. The maximum Gasteiger partial charge on any atom is 0.251 e. The van der Waals surface area contributed by atoms with Crippen LogP contribution in [0.2, 0.25) is 0 Å². The Kier molecular flexibility index (Phi) is 5.46. The van der Waals surface area contributed by atoms with E-state index in [9.17, 15) is 4.79 Å². The Balaban J connectivity index is 1.61. The maximum atomic E-state index is 11.6. The van der Waals surface area contributed by atoms with Crippen LogP contribution in [-0.2, 0) is 13.0 Å². The molecule has 3 aromatic rings. The summed E-state index contributed by atoms with van der Waals surface area (Å²) < 4.78 is 0. The van der Waals surface area contributed by atoms with Crippen LogP contribution in [0.3, 0.4) is 0 Å². The molecule has 25 heavy (non-hydrogen) atoms. The highest BCUT2D eigenvalue weighted by molar-refractivity contribution is 5.93. The maximum absolute atomic E-state index is 11.6. The predicted molar refractivity (Wildman–Crippen MR) is 104 cm³/mol. The Hall–Kier alpha value is -2.65. The fourth-order valence-electron chi connectivity index (χ4n) is 3.12. The molecule has 0 aliphatic rings. The summed E-state index contributed by atoms with van der Waals surface area (Å²) >= 11 is 0. The van der Waals surface area contributed by atoms with Gasteiger partial charge in [-0.3, -0.25) is 4.79 Å². The van der Waals surface area contributed by atoms with Crippen LogP contribution in [0, 0.1) is 0 Å². The van der Waals surface area contributed by atoms with Crippen molar-refractivity contribution >= 4 is 16.7 Å². The summed E-state index contributed by atoms with van der Waals surface area (Å²) in [5.41, 5.74) is 3.30. The molecule has 0 bridgehead atoms. The van der Waals surface area contributed by atoms with Crippen LogP contribution >= 0.6 is 0 Å². The second kappa shape index (κ2) is 7.95. The quantitative estimate of drug-likeness (QED) is 0.743. The fraction of sp³-hybridized carbons (Fsp3) is 0.227. The molecule has 128 valence electrons. The molecule has 3 rings (SSSR count). The Morgan fingerprint density at radius 3 is 2.44 bits per heavy atom. The summed E-state index contributed by atoms with van der Waals surface area (Å²) in [6.45, 7) is 1.87. The topological polar surface area (TPSA) is 32.3 Å². The monoisotopic (exact) mass is 332 g/mol. The lowest BCUT2D eigenvalue weighted by molar-refractivity contribution is 0.0963. The molecular formula is C22H24N2O. The predicted octanol–water partition coefficient (Wildman–Crippen LogP) is 3.87. The highest BCUT2D eigenvalue weighted by Gasteiger charge is 2.06. The van der Waals surface area contributed by atoms with Crippen molar-refractivity contribution in [1.29, 1.82) is 0 Å². The molecule has 0 saturated carbocycles. The summed E-state index contributed by atoms with van der Waals surface area (Å²) in [5.74, 6) is -0.0455. The van der Waals surface area contributed by atoms with Gasteiger partial charge in [0.05, 0.1) is 0 Å². The second-order valence-corrected chi connectivity index (χ2v) is 6.40. The molecule has 3 nitrogen and oxygen atoms in total. The van der Waals surface area contributed by atoms with Gasteiger partial charge in [0.15, 0.2) is 0 Å². The van der Waals surface area contributed by atoms with Crippen molar-refractivity contribution in [3.63, 3.8) is 0 Å². The van der Waals surface area contributed by atoms with Crippen LogP contribution < -0.4 is 5.32 Å². The summed E-state index contributed by atoms with van der Waals surface area (Å²) in [6, 6.07) is 22.9. The van der Waals surface area contributed by atoms with E-state index in [1.165, 1.54) is 21.9 Å². The molecule has 0 aliphatic carbocycles. The molecule has 0 heterocycles. The van der Waals surface area contributed by atoms with Crippen LogP contribution in [0.15, 0.2) is 66.7 Å². The Morgan fingerprint density at radius 2 is 1.68 bits per heavy atom. The van der Waals surface area contributed by atoms with E-state index in [1.807, 2.05) is 24.3 Å². The highest BCUT2D eigenvalue weighted by Crippen LogP contribution is 2.19. The van der Waals surface area contributed by atoms with Crippen LogP contribution in [0.5, 0.6) is 0 Å². The van der Waals surface area contributed by atoms with E-state index in [0.717, 1.165) is 19.5 Å². The molecule has 0 unspecified atom stereocenters. The van der Waals surface area contributed by atoms with Crippen molar-refractivity contribution in [2.45, 2.75) is 13.0 Å². The molecule has 3 heteroatoms. The van der Waals surface area contributed by atoms with E-state index >= 15 is 0 Å². The first kappa shape index (κ1) is 17.2. The van der Waals surface area contributed by atoms with Gasteiger partial charge in [0, 0.05) is 25.7 Å². The standard InChI is InChI=1S/C22H24N2O/c1-23-22(25)20-12-10-17(11-13-20)16-24(2)15-14-19-8-5-7-18-6-3-4-9-21(18)19/h3-13H,14-16H2,1-2H3,(H,23,25). The number of amides is 1. The lowest BCUT2D eigenvalue weighted by Crippen LogP contribution is -2.21. The zero-order chi connectivity index (χ0) is 17.6. The first-order valence-electron chi connectivity index (χ1n) is 8.63. The lowest BCUT2D eigenvalue weighted by atomic mass is 10.0. The van der Waals surface area contributed by atoms with Gasteiger partial charge in [-0.2, -0.15) is 0 Å². The number of fused-ring (bicyclic) bond motifs is 1. The summed E-state index contributed by atoms with van der Waals surface area (Å²) in [6.07, 6.45) is 1.02. The normalized spacial score (nSPS) is 11.0. The Bertz CT molecular complexity index is 850. The Labute approximate surface area is 149 Å². The van der Waals surface area contributed by atoms with Gasteiger partial charge in [-0.25, -0.2) is 0 Å². The van der Waals surface area contributed by atoms with Gasteiger partial charge in [-0.15, -0.1) is 0 Å². The van der Waals surface area contributed by atoms with Gasteiger partial charge < -0.3 is 10.2 Å². The van der Waals surface area contributed by atoms with Crippen molar-refractivity contribution in [2.75, 3.05) is 20.6 Å². The minimum atomic E-state index is -0.0455. The molecule has 0 aliphatic heterocycles. The van der Waals surface area contributed by atoms with E-state index in [0.29, 0.717) is 5.56 Å². The second-order valence-electron chi connectivity index (χ2n) is 6.40. The van der Waals surface area contributed by atoms with Crippen molar-refractivity contribution in [3.05, 3.63) is 83.4 Å². The van der Waals surface area contributed by atoms with Gasteiger partial charge in [-0.1, -0.05) is 54.6 Å². The molecule has 0 fully saturated rings. The number of hydrogen-bond acceptors (Lipinski definition) is 2. The SMILES string of the molecule is CNC(=O)c1ccc(CN(C)CCc2cccc3ccccc23)cc1. The lowest BCUT2D eigenvalue weighted by Gasteiger charge is -2.17. The number of hydrogen-bond donors (Lipinski definition) is 1. The zero-order valence-corrected chi connectivity index (χ0v) is 14.8. The fourth-order valence-corrected chi connectivity index (χ4v) is 3.12. The van der Waals surface area contributed by atoms with Crippen molar-refractivity contribution < 1.29 is 4.79 Å². The number of nitrogens with one attached hydrogen (secondary N) is 1. The minimum absolute atomic E-state index is 0.0455. The van der Waals surface area contributed by atoms with Crippen LogP contribution in [-0.4, -0.2) is 31.4 Å². The molecule has 0 radical (unpaired) electrons. The third-order valence-corrected chi connectivity index (χ3v) is 4.54. The number of benzene rings is 3.